The van der Waals surface area contributed by atoms with Crippen LogP contribution in [0, 0.1) is 18.8 Å². The lowest BCUT2D eigenvalue weighted by atomic mass is 9.87. The number of hydrogen-bond acceptors (Lipinski definition) is 9. The van der Waals surface area contributed by atoms with Crippen molar-refractivity contribution in [2.75, 3.05) is 64.8 Å². The van der Waals surface area contributed by atoms with Gasteiger partial charge in [0.15, 0.2) is 6.61 Å². The van der Waals surface area contributed by atoms with E-state index in [2.05, 4.69) is 20.0 Å². The van der Waals surface area contributed by atoms with Gasteiger partial charge in [-0.25, -0.2) is 4.98 Å². The molecule has 3 aliphatic heterocycles. The SMILES string of the molecule is Cc1cccnc1/C(=N/OCC(=O)N1CCOCC1)C1CCN(C(=O)C2CCN(Cc3ccnc(N)c3)CC2)CC1. The molecule has 0 aromatic carbocycles. The number of oxime groups is 1. The van der Waals surface area contributed by atoms with Crippen LogP contribution in [0.1, 0.15) is 42.5 Å². The summed E-state index contributed by atoms with van der Waals surface area (Å²) in [6.45, 7) is 8.11. The van der Waals surface area contributed by atoms with Gasteiger partial charge in [0.2, 0.25) is 5.91 Å². The Morgan fingerprint density at radius 1 is 0.976 bits per heavy atom. The van der Waals surface area contributed by atoms with Crippen molar-refractivity contribution in [2.45, 2.75) is 39.2 Å². The van der Waals surface area contributed by atoms with Crippen molar-refractivity contribution in [1.82, 2.24) is 24.7 Å². The molecule has 2 aromatic heterocycles. The Labute approximate surface area is 241 Å². The molecular weight excluding hydrogens is 522 g/mol. The maximum Gasteiger partial charge on any atom is 0.263 e. The van der Waals surface area contributed by atoms with Crippen LogP contribution in [0.15, 0.2) is 41.8 Å². The van der Waals surface area contributed by atoms with Crippen LogP contribution < -0.4 is 5.73 Å². The number of nitrogens with two attached hydrogens (primary N) is 1. The predicted molar refractivity (Wildman–Crippen MR) is 155 cm³/mol. The summed E-state index contributed by atoms with van der Waals surface area (Å²) < 4.78 is 5.33. The maximum absolute atomic E-state index is 13.4. The summed E-state index contributed by atoms with van der Waals surface area (Å²) in [5.41, 5.74) is 9.54. The molecule has 41 heavy (non-hydrogen) atoms. The average Bonchev–Trinajstić information content (AvgIpc) is 3.00. The quantitative estimate of drug-likeness (QED) is 0.382. The molecule has 2 amide bonds. The Kier molecular flexibility index (Phi) is 9.79. The van der Waals surface area contributed by atoms with Crippen molar-refractivity contribution in [3.63, 3.8) is 0 Å². The van der Waals surface area contributed by atoms with Gasteiger partial charge >= 0.3 is 0 Å². The normalized spacial score (nSPS) is 19.8. The molecule has 3 aliphatic rings. The molecule has 0 aliphatic carbocycles. The van der Waals surface area contributed by atoms with E-state index in [1.807, 2.05) is 36.1 Å². The Hall–Kier alpha value is -3.57. The molecule has 5 heterocycles. The number of hydrogen-bond donors (Lipinski definition) is 1. The summed E-state index contributed by atoms with van der Waals surface area (Å²) in [5, 5.41) is 4.48. The van der Waals surface area contributed by atoms with Crippen LogP contribution in [0.25, 0.3) is 0 Å². The van der Waals surface area contributed by atoms with E-state index in [9.17, 15) is 9.59 Å². The van der Waals surface area contributed by atoms with Crippen LogP contribution in [0.2, 0.25) is 0 Å². The molecule has 0 saturated carbocycles. The van der Waals surface area contributed by atoms with E-state index in [1.54, 1.807) is 17.3 Å². The number of aryl methyl sites for hydroxylation is 1. The first kappa shape index (κ1) is 28.9. The predicted octanol–water partition coefficient (Wildman–Crippen LogP) is 2.10. The highest BCUT2D eigenvalue weighted by Gasteiger charge is 2.33. The Morgan fingerprint density at radius 3 is 2.41 bits per heavy atom. The minimum atomic E-state index is -0.111. The van der Waals surface area contributed by atoms with Gasteiger partial charge in [-0.15, -0.1) is 0 Å². The second-order valence-electron chi connectivity index (χ2n) is 11.2. The molecule has 2 aromatic rings. The molecule has 220 valence electrons. The zero-order chi connectivity index (χ0) is 28.6. The third-order valence-electron chi connectivity index (χ3n) is 8.35. The number of morpholine rings is 1. The Balaban J connectivity index is 1.14. The summed E-state index contributed by atoms with van der Waals surface area (Å²) in [4.78, 5) is 46.4. The summed E-state index contributed by atoms with van der Waals surface area (Å²) in [6.07, 6.45) is 6.79. The van der Waals surface area contributed by atoms with Crippen LogP contribution >= 0.6 is 0 Å². The fraction of sp³-hybridized carbons (Fsp3) is 0.567. The number of aromatic nitrogens is 2. The van der Waals surface area contributed by atoms with Gasteiger partial charge in [0.25, 0.3) is 5.91 Å². The second-order valence-corrected chi connectivity index (χ2v) is 11.2. The largest absolute Gasteiger partial charge is 0.385 e. The summed E-state index contributed by atoms with van der Waals surface area (Å²) in [5.74, 6) is 0.865. The van der Waals surface area contributed by atoms with Gasteiger partial charge < -0.3 is 25.1 Å². The fourth-order valence-corrected chi connectivity index (χ4v) is 5.95. The molecule has 3 saturated heterocycles. The van der Waals surface area contributed by atoms with Crippen LogP contribution in [0.5, 0.6) is 0 Å². The lowest BCUT2D eigenvalue weighted by molar-refractivity contribution is -0.140. The summed E-state index contributed by atoms with van der Waals surface area (Å²) in [7, 11) is 0. The van der Waals surface area contributed by atoms with Crippen molar-refractivity contribution >= 4 is 23.3 Å². The van der Waals surface area contributed by atoms with Crippen molar-refractivity contribution < 1.29 is 19.2 Å². The zero-order valence-electron chi connectivity index (χ0n) is 23.9. The van der Waals surface area contributed by atoms with Gasteiger partial charge in [0.05, 0.1) is 18.9 Å². The number of amides is 2. The first-order valence-corrected chi connectivity index (χ1v) is 14.7. The van der Waals surface area contributed by atoms with Gasteiger partial charge in [0, 0.05) is 57.0 Å². The van der Waals surface area contributed by atoms with Crippen molar-refractivity contribution in [3.8, 4) is 0 Å². The summed E-state index contributed by atoms with van der Waals surface area (Å²) >= 11 is 0. The van der Waals surface area contributed by atoms with E-state index in [-0.39, 0.29) is 30.3 Å². The van der Waals surface area contributed by atoms with Crippen molar-refractivity contribution in [3.05, 3.63) is 53.5 Å². The van der Waals surface area contributed by atoms with Gasteiger partial charge in [-0.2, -0.15) is 0 Å². The van der Waals surface area contributed by atoms with E-state index in [0.29, 0.717) is 45.2 Å². The number of rotatable bonds is 8. The van der Waals surface area contributed by atoms with Crippen molar-refractivity contribution in [2.24, 2.45) is 17.0 Å². The smallest absolute Gasteiger partial charge is 0.263 e. The van der Waals surface area contributed by atoms with Crippen LogP contribution in [0.3, 0.4) is 0 Å². The zero-order valence-corrected chi connectivity index (χ0v) is 23.9. The van der Waals surface area contributed by atoms with Crippen LogP contribution in [0.4, 0.5) is 5.82 Å². The number of likely N-dealkylation sites (tertiary alicyclic amines) is 2. The first-order chi connectivity index (χ1) is 20.0. The number of nitrogen functional groups attached to an aromatic ring is 1. The van der Waals surface area contributed by atoms with Gasteiger partial charge in [-0.1, -0.05) is 11.2 Å². The first-order valence-electron chi connectivity index (χ1n) is 14.7. The van der Waals surface area contributed by atoms with Gasteiger partial charge in [0.1, 0.15) is 11.5 Å². The molecule has 0 radical (unpaired) electrons. The number of nitrogens with zero attached hydrogens (tertiary/aromatic N) is 6. The highest BCUT2D eigenvalue weighted by molar-refractivity contribution is 6.01. The van der Waals surface area contributed by atoms with Gasteiger partial charge in [-0.05, 0) is 75.0 Å². The van der Waals surface area contributed by atoms with Crippen LogP contribution in [-0.4, -0.2) is 101 Å². The number of ether oxygens (including phenoxy) is 1. The average molecular weight is 564 g/mol. The lowest BCUT2D eigenvalue weighted by Gasteiger charge is -2.37. The topological polar surface area (TPSA) is 126 Å². The standard InChI is InChI=1S/C30H41N7O4/c1-22-3-2-9-33-28(22)29(34-41-21-27(38)36-15-17-40-18-16-36)24-7-13-37(14-8-24)30(39)25-5-11-35(12-6-25)20-23-4-10-32-26(31)19-23/h2-4,9-10,19,24-25H,5-8,11-18,20-21H2,1H3,(H2,31,32)/b34-29+. The number of carbonyl (C=O) groups is 2. The minimum Gasteiger partial charge on any atom is -0.385 e. The monoisotopic (exact) mass is 563 g/mol. The molecule has 0 spiro atoms. The van der Waals surface area contributed by atoms with Crippen LogP contribution in [-0.2, 0) is 25.7 Å². The maximum atomic E-state index is 13.4. The highest BCUT2D eigenvalue weighted by Crippen LogP contribution is 2.27. The second kappa shape index (κ2) is 13.9. The lowest BCUT2D eigenvalue weighted by Crippen LogP contribution is -2.46. The molecule has 5 rings (SSSR count). The molecule has 0 atom stereocenters. The van der Waals surface area contributed by atoms with Crippen molar-refractivity contribution in [1.29, 1.82) is 0 Å². The molecule has 11 nitrogen and oxygen atoms in total. The summed E-state index contributed by atoms with van der Waals surface area (Å²) in [6, 6.07) is 7.82. The molecule has 0 unspecified atom stereocenters. The number of anilines is 1. The minimum absolute atomic E-state index is 0.0611. The highest BCUT2D eigenvalue weighted by atomic mass is 16.6. The Bertz CT molecular complexity index is 1220. The van der Waals surface area contributed by atoms with E-state index in [0.717, 1.165) is 67.9 Å². The third kappa shape index (κ3) is 7.59. The third-order valence-corrected chi connectivity index (χ3v) is 8.35. The van der Waals surface area contributed by atoms with E-state index in [4.69, 9.17) is 15.3 Å². The number of piperidine rings is 2. The number of pyridine rings is 2. The van der Waals surface area contributed by atoms with Gasteiger partial charge in [-0.3, -0.25) is 19.5 Å². The molecular formula is C30H41N7O4. The van der Waals surface area contributed by atoms with E-state index in [1.165, 1.54) is 0 Å². The van der Waals surface area contributed by atoms with E-state index < -0.39 is 0 Å². The molecule has 0 bridgehead atoms. The fourth-order valence-electron chi connectivity index (χ4n) is 5.95. The van der Waals surface area contributed by atoms with E-state index >= 15 is 0 Å². The molecule has 11 heteroatoms. The molecule has 2 N–H and O–H groups in total. The Morgan fingerprint density at radius 2 is 1.71 bits per heavy atom. The number of carbonyl (C=O) groups excluding carboxylic acids is 2. The molecule has 3 fully saturated rings.